The van der Waals surface area contributed by atoms with E-state index < -0.39 is 0 Å². The summed E-state index contributed by atoms with van der Waals surface area (Å²) >= 11 is 1.69. The van der Waals surface area contributed by atoms with Crippen molar-refractivity contribution >= 4 is 22.9 Å². The van der Waals surface area contributed by atoms with E-state index in [2.05, 4.69) is 49.9 Å². The average molecular weight is 460 g/mol. The number of carbonyl (C=O) groups excluding carboxylic acids is 1. The molecule has 2 N–H and O–H groups in total. The highest BCUT2D eigenvalue weighted by Gasteiger charge is 2.29. The zero-order chi connectivity index (χ0) is 22.5. The lowest BCUT2D eigenvalue weighted by Gasteiger charge is -2.14. The molecule has 6 rings (SSSR count). The highest BCUT2D eigenvalue weighted by atomic mass is 32.1. The molecular formula is C22H21N9OS. The Hall–Kier alpha value is -3.86. The Morgan fingerprint density at radius 2 is 2.15 bits per heavy atom. The van der Waals surface area contributed by atoms with Gasteiger partial charge in [-0.15, -0.1) is 26.6 Å². The number of rotatable bonds is 6. The number of nitrogens with one attached hydrogen (secondary N) is 2. The van der Waals surface area contributed by atoms with Gasteiger partial charge in [-0.2, -0.15) is 0 Å². The van der Waals surface area contributed by atoms with Gasteiger partial charge in [0.15, 0.2) is 11.5 Å². The molecule has 10 nitrogen and oxygen atoms in total. The Balaban J connectivity index is 1.49. The molecule has 1 aliphatic rings. The summed E-state index contributed by atoms with van der Waals surface area (Å²) < 4.78 is 3.78. The van der Waals surface area contributed by atoms with Crippen LogP contribution < -0.4 is 5.32 Å². The van der Waals surface area contributed by atoms with Crippen LogP contribution in [0.1, 0.15) is 58.5 Å². The first-order chi connectivity index (χ1) is 16.1. The van der Waals surface area contributed by atoms with E-state index >= 15 is 0 Å². The van der Waals surface area contributed by atoms with Crippen molar-refractivity contribution in [2.45, 2.75) is 38.6 Å². The topological polar surface area (TPSA) is 119 Å². The summed E-state index contributed by atoms with van der Waals surface area (Å²) in [5.74, 6) is 0.810. The molecule has 0 radical (unpaired) electrons. The highest BCUT2D eigenvalue weighted by molar-refractivity contribution is 7.15. The van der Waals surface area contributed by atoms with Crippen molar-refractivity contribution in [3.05, 3.63) is 65.1 Å². The van der Waals surface area contributed by atoms with Gasteiger partial charge in [-0.25, -0.2) is 9.67 Å². The van der Waals surface area contributed by atoms with Gasteiger partial charge in [0, 0.05) is 17.0 Å². The van der Waals surface area contributed by atoms with E-state index in [4.69, 9.17) is 4.98 Å². The number of hydrogen-bond acceptors (Lipinski definition) is 7. The predicted molar refractivity (Wildman–Crippen MR) is 122 cm³/mol. The smallest absolute Gasteiger partial charge is 0.253 e. The lowest BCUT2D eigenvalue weighted by Crippen LogP contribution is -2.28. The lowest BCUT2D eigenvalue weighted by atomic mass is 10.2. The maximum Gasteiger partial charge on any atom is 0.253 e. The number of amides is 1. The van der Waals surface area contributed by atoms with Crippen molar-refractivity contribution in [2.75, 3.05) is 0 Å². The van der Waals surface area contributed by atoms with Crippen molar-refractivity contribution in [3.8, 4) is 16.3 Å². The number of H-pyrrole nitrogens is 1. The molecule has 11 heteroatoms. The molecule has 1 amide bonds. The normalized spacial score (nSPS) is 14.6. The van der Waals surface area contributed by atoms with Gasteiger partial charge in [0.2, 0.25) is 0 Å². The second-order valence-electron chi connectivity index (χ2n) is 8.28. The van der Waals surface area contributed by atoms with Gasteiger partial charge >= 0.3 is 0 Å². The maximum atomic E-state index is 13.3. The van der Waals surface area contributed by atoms with E-state index in [0.717, 1.165) is 40.4 Å². The van der Waals surface area contributed by atoms with E-state index in [1.165, 1.54) is 11.2 Å². The van der Waals surface area contributed by atoms with Crippen molar-refractivity contribution in [1.29, 1.82) is 0 Å². The summed E-state index contributed by atoms with van der Waals surface area (Å²) in [5.41, 5.74) is 3.92. The van der Waals surface area contributed by atoms with Gasteiger partial charge in [-0.05, 0) is 44.9 Å². The third-order valence-electron chi connectivity index (χ3n) is 5.83. The second kappa shape index (κ2) is 7.62. The van der Waals surface area contributed by atoms with Crippen molar-refractivity contribution in [3.63, 3.8) is 0 Å². The molecule has 1 aliphatic carbocycles. The standard InChI is InChI=1S/C22H21N9OS/c1-12-3-6-19(33-12)18-8-23-21-16(31-17(9-25-29-31)14-4-5-14)7-15(10-30(18)21)22(32)27-13(2)20-24-11-26-28-20/h3,6-11,13-14H,4-5H2,1-2H3,(H,27,32)(H,24,26,28)/t13-/m0/s1. The largest absolute Gasteiger partial charge is 0.342 e. The fraction of sp³-hybridized carbons (Fsp3) is 0.273. The number of hydrogen-bond donors (Lipinski definition) is 2. The summed E-state index contributed by atoms with van der Waals surface area (Å²) in [4.78, 5) is 23.2. The summed E-state index contributed by atoms with van der Waals surface area (Å²) in [6.45, 7) is 3.93. The fourth-order valence-corrected chi connectivity index (χ4v) is 4.84. The Morgan fingerprint density at radius 1 is 1.27 bits per heavy atom. The average Bonchev–Trinajstić information content (AvgIpc) is 3.28. The number of thiophene rings is 1. The minimum atomic E-state index is -0.324. The van der Waals surface area contributed by atoms with Crippen LogP contribution in [0.2, 0.25) is 0 Å². The van der Waals surface area contributed by atoms with E-state index in [9.17, 15) is 4.79 Å². The van der Waals surface area contributed by atoms with E-state index in [1.54, 1.807) is 17.5 Å². The van der Waals surface area contributed by atoms with Crippen LogP contribution >= 0.6 is 11.3 Å². The van der Waals surface area contributed by atoms with Crippen LogP contribution in [0.5, 0.6) is 0 Å². The Bertz CT molecular complexity index is 1460. The molecule has 0 saturated heterocycles. The number of aryl methyl sites for hydroxylation is 1. The Kier molecular flexibility index (Phi) is 4.57. The van der Waals surface area contributed by atoms with E-state index in [-0.39, 0.29) is 11.9 Å². The fourth-order valence-electron chi connectivity index (χ4n) is 3.97. The minimum Gasteiger partial charge on any atom is -0.342 e. The molecule has 33 heavy (non-hydrogen) atoms. The molecule has 166 valence electrons. The molecular weight excluding hydrogens is 438 g/mol. The molecule has 0 aromatic carbocycles. The summed E-state index contributed by atoms with van der Waals surface area (Å²) in [5, 5.41) is 19.3. The van der Waals surface area contributed by atoms with Gasteiger partial charge < -0.3 is 10.3 Å². The summed E-state index contributed by atoms with van der Waals surface area (Å²) in [6.07, 6.45) is 9.20. The van der Waals surface area contributed by atoms with Crippen LogP contribution in [0.3, 0.4) is 0 Å². The highest BCUT2D eigenvalue weighted by Crippen LogP contribution is 2.40. The third kappa shape index (κ3) is 3.50. The van der Waals surface area contributed by atoms with Crippen LogP contribution in [0.25, 0.3) is 21.9 Å². The van der Waals surface area contributed by atoms with Gasteiger partial charge in [0.1, 0.15) is 12.0 Å². The van der Waals surface area contributed by atoms with Crippen LogP contribution in [0.4, 0.5) is 0 Å². The van der Waals surface area contributed by atoms with Crippen molar-refractivity contribution < 1.29 is 4.79 Å². The molecule has 0 unspecified atom stereocenters. The maximum absolute atomic E-state index is 13.3. The number of aromatic nitrogens is 8. The first-order valence-corrected chi connectivity index (χ1v) is 11.6. The van der Waals surface area contributed by atoms with E-state index in [1.807, 2.05) is 34.5 Å². The summed E-state index contributed by atoms with van der Waals surface area (Å²) in [6, 6.07) is 5.66. The molecule has 0 spiro atoms. The first kappa shape index (κ1) is 19.8. The zero-order valence-electron chi connectivity index (χ0n) is 18.1. The molecule has 1 fully saturated rings. The number of fused-ring (bicyclic) bond motifs is 1. The second-order valence-corrected chi connectivity index (χ2v) is 9.56. The summed E-state index contributed by atoms with van der Waals surface area (Å²) in [7, 11) is 0. The molecule has 1 saturated carbocycles. The number of imidazole rings is 1. The van der Waals surface area contributed by atoms with Gasteiger partial charge in [0.05, 0.1) is 40.3 Å². The van der Waals surface area contributed by atoms with Gasteiger partial charge in [0.25, 0.3) is 5.91 Å². The molecule has 5 heterocycles. The van der Waals surface area contributed by atoms with Crippen LogP contribution in [0.15, 0.2) is 43.1 Å². The molecule has 5 aromatic heterocycles. The van der Waals surface area contributed by atoms with Crippen LogP contribution in [0, 0.1) is 6.92 Å². The van der Waals surface area contributed by atoms with Crippen molar-refractivity contribution in [1.82, 2.24) is 44.9 Å². The lowest BCUT2D eigenvalue weighted by molar-refractivity contribution is 0.0938. The number of carbonyl (C=O) groups is 1. The number of pyridine rings is 1. The molecule has 5 aromatic rings. The van der Waals surface area contributed by atoms with Gasteiger partial charge in [-0.1, -0.05) is 5.21 Å². The van der Waals surface area contributed by atoms with E-state index in [0.29, 0.717) is 17.3 Å². The monoisotopic (exact) mass is 459 g/mol. The third-order valence-corrected chi connectivity index (χ3v) is 6.86. The molecule has 0 bridgehead atoms. The van der Waals surface area contributed by atoms with Crippen LogP contribution in [-0.4, -0.2) is 45.5 Å². The molecule has 0 aliphatic heterocycles. The number of aromatic amines is 1. The Morgan fingerprint density at radius 3 is 2.88 bits per heavy atom. The first-order valence-electron chi connectivity index (χ1n) is 10.7. The number of nitrogens with zero attached hydrogens (tertiary/aromatic N) is 7. The quantitative estimate of drug-likeness (QED) is 0.402. The SMILES string of the molecule is Cc1ccc(-c2cnc3c(-n4nncc4C4CC4)cc(C(=O)N[C@@H](C)c4nnc[nH]4)cn23)s1. The molecule has 1 atom stereocenters. The zero-order valence-corrected chi connectivity index (χ0v) is 18.9. The van der Waals surface area contributed by atoms with Crippen molar-refractivity contribution in [2.24, 2.45) is 0 Å². The minimum absolute atomic E-state index is 0.225. The Labute approximate surface area is 192 Å². The van der Waals surface area contributed by atoms with Gasteiger partial charge in [-0.3, -0.25) is 9.20 Å². The van der Waals surface area contributed by atoms with Crippen LogP contribution in [-0.2, 0) is 0 Å². The predicted octanol–water partition coefficient (Wildman–Crippen LogP) is 3.44.